The van der Waals surface area contributed by atoms with E-state index in [2.05, 4.69) is 6.92 Å². The first-order chi connectivity index (χ1) is 6.48. The number of ether oxygens (including phenoxy) is 1. The number of hydrogen-bond acceptors (Lipinski definition) is 3. The second-order valence-corrected chi connectivity index (χ2v) is 5.78. The molecular formula is C11H16O3. The minimum atomic E-state index is -0.618. The maximum absolute atomic E-state index is 11.6. The van der Waals surface area contributed by atoms with Crippen molar-refractivity contribution in [2.24, 2.45) is 11.3 Å². The Morgan fingerprint density at radius 3 is 2.86 bits per heavy atom. The molecule has 4 fully saturated rings. The van der Waals surface area contributed by atoms with Gasteiger partial charge in [-0.2, -0.15) is 0 Å². The summed E-state index contributed by atoms with van der Waals surface area (Å²) in [6.07, 6.45) is 3.95. The van der Waals surface area contributed by atoms with Gasteiger partial charge in [0.05, 0.1) is 11.5 Å². The lowest BCUT2D eigenvalue weighted by atomic mass is 9.58. The van der Waals surface area contributed by atoms with Crippen molar-refractivity contribution in [1.82, 2.24) is 0 Å². The van der Waals surface area contributed by atoms with E-state index < -0.39 is 5.60 Å². The summed E-state index contributed by atoms with van der Waals surface area (Å²) in [4.78, 5) is 11.6. The van der Waals surface area contributed by atoms with Crippen LogP contribution >= 0.6 is 0 Å². The highest BCUT2D eigenvalue weighted by molar-refractivity contribution is 5.74. The molecule has 2 aliphatic heterocycles. The zero-order valence-electron chi connectivity index (χ0n) is 8.45. The molecular weight excluding hydrogens is 180 g/mol. The molecule has 0 aromatic carbocycles. The molecule has 4 aliphatic rings. The predicted molar refractivity (Wildman–Crippen MR) is 49.5 cm³/mol. The van der Waals surface area contributed by atoms with Crippen molar-refractivity contribution in [2.45, 2.75) is 50.7 Å². The lowest BCUT2D eigenvalue weighted by Gasteiger charge is -2.49. The summed E-state index contributed by atoms with van der Waals surface area (Å²) in [5.41, 5.74) is -0.487. The van der Waals surface area contributed by atoms with Crippen LogP contribution < -0.4 is 0 Å². The standard InChI is InChI=1S/C11H16O3/c1-10-2-7-3-11(13,6-10)5-8(4-10)14-9(7)12/h7-8,13H,2-6H2,1H3. The zero-order valence-corrected chi connectivity index (χ0v) is 8.45. The van der Waals surface area contributed by atoms with Crippen molar-refractivity contribution < 1.29 is 14.6 Å². The fourth-order valence-corrected chi connectivity index (χ4v) is 3.93. The summed E-state index contributed by atoms with van der Waals surface area (Å²) in [5.74, 6) is -0.124. The Labute approximate surface area is 83.4 Å². The minimum Gasteiger partial charge on any atom is -0.462 e. The van der Waals surface area contributed by atoms with Crippen LogP contribution in [0.15, 0.2) is 0 Å². The van der Waals surface area contributed by atoms with Crippen LogP contribution in [0.1, 0.15) is 39.0 Å². The van der Waals surface area contributed by atoms with Gasteiger partial charge >= 0.3 is 5.97 Å². The van der Waals surface area contributed by atoms with Gasteiger partial charge in [-0.1, -0.05) is 6.92 Å². The van der Waals surface area contributed by atoms with Gasteiger partial charge in [-0.05, 0) is 31.1 Å². The van der Waals surface area contributed by atoms with Crippen LogP contribution in [0.25, 0.3) is 0 Å². The van der Waals surface area contributed by atoms with Crippen LogP contribution in [0.5, 0.6) is 0 Å². The second-order valence-electron chi connectivity index (χ2n) is 5.78. The fraction of sp³-hybridized carbons (Fsp3) is 0.909. The van der Waals surface area contributed by atoms with E-state index in [9.17, 15) is 9.90 Å². The van der Waals surface area contributed by atoms with Gasteiger partial charge in [-0.25, -0.2) is 0 Å². The third-order valence-electron chi connectivity index (χ3n) is 4.07. The highest BCUT2D eigenvalue weighted by atomic mass is 16.5. The first kappa shape index (κ1) is 8.72. The maximum atomic E-state index is 11.6. The summed E-state index contributed by atoms with van der Waals surface area (Å²) in [6.45, 7) is 2.18. The van der Waals surface area contributed by atoms with Crippen LogP contribution in [0, 0.1) is 11.3 Å². The Morgan fingerprint density at radius 2 is 2.14 bits per heavy atom. The lowest BCUT2D eigenvalue weighted by Crippen LogP contribution is -2.49. The fourth-order valence-electron chi connectivity index (χ4n) is 3.93. The lowest BCUT2D eigenvalue weighted by molar-refractivity contribution is -0.151. The molecule has 0 amide bonds. The maximum Gasteiger partial charge on any atom is 0.309 e. The molecule has 4 atom stereocenters. The molecule has 2 saturated heterocycles. The largest absolute Gasteiger partial charge is 0.462 e. The number of hydrogen-bond donors (Lipinski definition) is 1. The van der Waals surface area contributed by atoms with Gasteiger partial charge in [-0.15, -0.1) is 0 Å². The number of esters is 1. The SMILES string of the molecule is CC12CC3CC(O)(CC(C1)C(=O)O3)C2. The summed E-state index contributed by atoms with van der Waals surface area (Å²) in [6, 6.07) is 0. The molecule has 4 bridgehead atoms. The Morgan fingerprint density at radius 1 is 1.36 bits per heavy atom. The minimum absolute atomic E-state index is 0.0289. The molecule has 0 radical (unpaired) electrons. The third-order valence-corrected chi connectivity index (χ3v) is 4.07. The van der Waals surface area contributed by atoms with Crippen LogP contribution in [0.4, 0.5) is 0 Å². The predicted octanol–water partition coefficient (Wildman–Crippen LogP) is 1.24. The summed E-state index contributed by atoms with van der Waals surface area (Å²) < 4.78 is 5.37. The average Bonchev–Trinajstić information content (AvgIpc) is 2.09. The molecule has 14 heavy (non-hydrogen) atoms. The van der Waals surface area contributed by atoms with Gasteiger partial charge < -0.3 is 9.84 Å². The van der Waals surface area contributed by atoms with Crippen molar-refractivity contribution in [2.75, 3.05) is 0 Å². The van der Waals surface area contributed by atoms with Gasteiger partial charge in [0, 0.05) is 6.42 Å². The first-order valence-corrected chi connectivity index (χ1v) is 5.41. The average molecular weight is 196 g/mol. The molecule has 2 aliphatic carbocycles. The smallest absolute Gasteiger partial charge is 0.309 e. The number of fused-ring (bicyclic) bond motifs is 1. The Balaban J connectivity index is 2.05. The van der Waals surface area contributed by atoms with Crippen molar-refractivity contribution in [3.8, 4) is 0 Å². The molecule has 0 spiro atoms. The summed E-state index contributed by atoms with van der Waals surface area (Å²) in [5, 5.41) is 10.3. The van der Waals surface area contributed by atoms with Crippen LogP contribution in [0.3, 0.4) is 0 Å². The molecule has 78 valence electrons. The van der Waals surface area contributed by atoms with Gasteiger partial charge in [0.1, 0.15) is 6.10 Å². The van der Waals surface area contributed by atoms with E-state index in [1.54, 1.807) is 0 Å². The highest BCUT2D eigenvalue weighted by Crippen LogP contribution is 2.55. The van der Waals surface area contributed by atoms with Gasteiger partial charge in [0.15, 0.2) is 0 Å². The van der Waals surface area contributed by atoms with E-state index in [4.69, 9.17) is 4.74 Å². The van der Waals surface area contributed by atoms with E-state index in [0.29, 0.717) is 12.8 Å². The molecule has 0 aromatic rings. The van der Waals surface area contributed by atoms with Gasteiger partial charge in [-0.3, -0.25) is 4.79 Å². The van der Waals surface area contributed by atoms with Gasteiger partial charge in [0.25, 0.3) is 0 Å². The van der Waals surface area contributed by atoms with Crippen LogP contribution in [0.2, 0.25) is 0 Å². The van der Waals surface area contributed by atoms with Crippen molar-refractivity contribution in [3.05, 3.63) is 0 Å². The molecule has 2 heterocycles. The number of rotatable bonds is 0. The van der Waals surface area contributed by atoms with E-state index in [1.165, 1.54) is 0 Å². The van der Waals surface area contributed by atoms with Crippen molar-refractivity contribution in [3.63, 3.8) is 0 Å². The number of aliphatic hydroxyl groups is 1. The summed E-state index contributed by atoms with van der Waals surface area (Å²) >= 11 is 0. The first-order valence-electron chi connectivity index (χ1n) is 5.41. The van der Waals surface area contributed by atoms with E-state index in [1.807, 2.05) is 0 Å². The van der Waals surface area contributed by atoms with E-state index in [0.717, 1.165) is 19.3 Å². The van der Waals surface area contributed by atoms with Crippen LogP contribution in [-0.4, -0.2) is 22.8 Å². The Bertz CT molecular complexity index is 281. The summed E-state index contributed by atoms with van der Waals surface area (Å²) in [7, 11) is 0. The Kier molecular flexibility index (Phi) is 1.45. The number of carbonyl (C=O) groups excluding carboxylic acids is 1. The molecule has 4 unspecified atom stereocenters. The molecule has 0 aromatic heterocycles. The third kappa shape index (κ3) is 1.11. The molecule has 3 nitrogen and oxygen atoms in total. The van der Waals surface area contributed by atoms with E-state index in [-0.39, 0.29) is 23.4 Å². The normalized spacial score (nSPS) is 55.7. The number of carbonyl (C=O) groups is 1. The molecule has 3 heteroatoms. The Hall–Kier alpha value is -0.570. The topological polar surface area (TPSA) is 46.5 Å². The second kappa shape index (κ2) is 2.32. The molecule has 4 rings (SSSR count). The van der Waals surface area contributed by atoms with Crippen molar-refractivity contribution >= 4 is 5.97 Å². The molecule has 2 saturated carbocycles. The van der Waals surface area contributed by atoms with Crippen molar-refractivity contribution in [1.29, 1.82) is 0 Å². The van der Waals surface area contributed by atoms with E-state index >= 15 is 0 Å². The zero-order chi connectivity index (χ0) is 9.97. The molecule has 1 N–H and O–H groups in total. The highest BCUT2D eigenvalue weighted by Gasteiger charge is 2.56. The quantitative estimate of drug-likeness (QED) is 0.593. The van der Waals surface area contributed by atoms with Gasteiger partial charge in [0.2, 0.25) is 0 Å². The monoisotopic (exact) mass is 196 g/mol. The van der Waals surface area contributed by atoms with Crippen LogP contribution in [-0.2, 0) is 9.53 Å².